The summed E-state index contributed by atoms with van der Waals surface area (Å²) < 4.78 is 7.23. The fourth-order valence-corrected chi connectivity index (χ4v) is 2.90. The van der Waals surface area contributed by atoms with E-state index in [2.05, 4.69) is 20.2 Å². The van der Waals surface area contributed by atoms with Gasteiger partial charge in [0.2, 0.25) is 0 Å². The van der Waals surface area contributed by atoms with Crippen molar-refractivity contribution in [3.05, 3.63) is 58.4 Å². The minimum Gasteiger partial charge on any atom is -0.467 e. The second kappa shape index (κ2) is 6.18. The van der Waals surface area contributed by atoms with Crippen molar-refractivity contribution in [3.63, 3.8) is 0 Å². The Labute approximate surface area is 130 Å². The Kier molecular flexibility index (Phi) is 4.10. The highest BCUT2D eigenvalue weighted by Crippen LogP contribution is 2.31. The van der Waals surface area contributed by atoms with Crippen LogP contribution < -0.4 is 5.56 Å². The second-order valence-corrected chi connectivity index (χ2v) is 6.16. The van der Waals surface area contributed by atoms with E-state index < -0.39 is 0 Å². The third-order valence-electron chi connectivity index (χ3n) is 3.04. The number of nitrogens with zero attached hydrogens (tertiary/aromatic N) is 4. The third-order valence-corrected chi connectivity index (χ3v) is 4.15. The first-order valence-electron chi connectivity index (χ1n) is 6.76. The zero-order valence-electron chi connectivity index (χ0n) is 12.2. The maximum atomic E-state index is 11.5. The first-order chi connectivity index (χ1) is 10.6. The van der Waals surface area contributed by atoms with E-state index in [9.17, 15) is 4.79 Å². The number of H-pyrrole nitrogens is 1. The lowest BCUT2D eigenvalue weighted by atomic mass is 10.4. The average molecular weight is 317 g/mol. The SMILES string of the molecule is Cc1cc(=O)[nH]c([C@@H](C)Sc2nncn2Cc2ccco2)n1. The van der Waals surface area contributed by atoms with Gasteiger partial charge in [0.25, 0.3) is 5.56 Å². The second-order valence-electron chi connectivity index (χ2n) is 4.85. The summed E-state index contributed by atoms with van der Waals surface area (Å²) in [6, 6.07) is 5.22. The number of thioether (sulfide) groups is 1. The Bertz CT molecular complexity index is 809. The smallest absolute Gasteiger partial charge is 0.251 e. The lowest BCUT2D eigenvalue weighted by molar-refractivity contribution is 0.484. The molecule has 0 aliphatic rings. The van der Waals surface area contributed by atoms with Crippen molar-refractivity contribution < 1.29 is 4.42 Å². The van der Waals surface area contributed by atoms with Gasteiger partial charge in [-0.05, 0) is 26.0 Å². The van der Waals surface area contributed by atoms with Crippen LogP contribution >= 0.6 is 11.8 Å². The molecule has 0 saturated carbocycles. The molecule has 0 fully saturated rings. The lowest BCUT2D eigenvalue weighted by Gasteiger charge is -2.11. The number of aromatic nitrogens is 5. The number of nitrogens with one attached hydrogen (secondary N) is 1. The normalized spacial score (nSPS) is 12.5. The van der Waals surface area contributed by atoms with E-state index in [0.717, 1.165) is 10.9 Å². The summed E-state index contributed by atoms with van der Waals surface area (Å²) in [4.78, 5) is 18.7. The molecule has 0 saturated heterocycles. The molecule has 0 aromatic carbocycles. The molecule has 1 N–H and O–H groups in total. The molecule has 0 bridgehead atoms. The maximum Gasteiger partial charge on any atom is 0.251 e. The van der Waals surface area contributed by atoms with Gasteiger partial charge in [-0.2, -0.15) is 0 Å². The highest BCUT2D eigenvalue weighted by atomic mass is 32.2. The molecule has 3 aromatic rings. The molecule has 0 aliphatic carbocycles. The van der Waals surface area contributed by atoms with Gasteiger partial charge in [0.1, 0.15) is 17.9 Å². The van der Waals surface area contributed by atoms with Crippen LogP contribution in [-0.2, 0) is 6.54 Å². The first kappa shape index (κ1) is 14.6. The fraction of sp³-hybridized carbons (Fsp3) is 0.286. The van der Waals surface area contributed by atoms with Gasteiger partial charge < -0.3 is 14.0 Å². The van der Waals surface area contributed by atoms with Crippen LogP contribution in [0.3, 0.4) is 0 Å². The van der Waals surface area contributed by atoms with E-state index in [0.29, 0.717) is 18.1 Å². The molecule has 0 unspecified atom stereocenters. The van der Waals surface area contributed by atoms with Crippen LogP contribution in [0, 0.1) is 6.92 Å². The molecule has 3 aromatic heterocycles. The maximum absolute atomic E-state index is 11.5. The number of rotatable bonds is 5. The van der Waals surface area contributed by atoms with Gasteiger partial charge in [0.05, 0.1) is 18.1 Å². The van der Waals surface area contributed by atoms with Gasteiger partial charge in [-0.15, -0.1) is 10.2 Å². The summed E-state index contributed by atoms with van der Waals surface area (Å²) in [6.07, 6.45) is 3.29. The highest BCUT2D eigenvalue weighted by molar-refractivity contribution is 7.99. The van der Waals surface area contributed by atoms with Crippen molar-refractivity contribution in [2.45, 2.75) is 30.8 Å². The molecular weight excluding hydrogens is 302 g/mol. The molecule has 0 aliphatic heterocycles. The summed E-state index contributed by atoms with van der Waals surface area (Å²) in [5, 5.41) is 8.76. The minimum absolute atomic E-state index is 0.0489. The number of hydrogen-bond acceptors (Lipinski definition) is 6. The Morgan fingerprint density at radius 1 is 1.50 bits per heavy atom. The third kappa shape index (κ3) is 3.28. The summed E-state index contributed by atoms with van der Waals surface area (Å²) in [5.41, 5.74) is 0.551. The summed E-state index contributed by atoms with van der Waals surface area (Å²) in [5.74, 6) is 1.46. The summed E-state index contributed by atoms with van der Waals surface area (Å²) >= 11 is 1.48. The number of furan rings is 1. The lowest BCUT2D eigenvalue weighted by Crippen LogP contribution is -2.12. The predicted octanol–water partition coefficient (Wildman–Crippen LogP) is 2.16. The van der Waals surface area contributed by atoms with Gasteiger partial charge in [0.15, 0.2) is 5.16 Å². The van der Waals surface area contributed by atoms with Gasteiger partial charge in [0, 0.05) is 11.8 Å². The van der Waals surface area contributed by atoms with E-state index in [1.54, 1.807) is 19.5 Å². The summed E-state index contributed by atoms with van der Waals surface area (Å²) in [6.45, 7) is 4.33. The largest absolute Gasteiger partial charge is 0.467 e. The minimum atomic E-state index is -0.146. The van der Waals surface area contributed by atoms with Crippen molar-refractivity contribution in [3.8, 4) is 0 Å². The quantitative estimate of drug-likeness (QED) is 0.725. The topological polar surface area (TPSA) is 89.6 Å². The van der Waals surface area contributed by atoms with E-state index in [-0.39, 0.29) is 10.8 Å². The van der Waals surface area contributed by atoms with Crippen molar-refractivity contribution in [1.29, 1.82) is 0 Å². The van der Waals surface area contributed by atoms with Crippen LogP contribution in [0.15, 0.2) is 45.2 Å². The van der Waals surface area contributed by atoms with Crippen molar-refractivity contribution >= 4 is 11.8 Å². The Hall–Kier alpha value is -2.35. The molecule has 114 valence electrons. The van der Waals surface area contributed by atoms with E-state index >= 15 is 0 Å². The highest BCUT2D eigenvalue weighted by Gasteiger charge is 2.15. The molecule has 3 rings (SSSR count). The molecule has 0 radical (unpaired) electrons. The van der Waals surface area contributed by atoms with Gasteiger partial charge in [-0.1, -0.05) is 11.8 Å². The molecule has 22 heavy (non-hydrogen) atoms. The van der Waals surface area contributed by atoms with Crippen LogP contribution in [0.5, 0.6) is 0 Å². The fourth-order valence-electron chi connectivity index (χ4n) is 2.02. The molecule has 0 spiro atoms. The Morgan fingerprint density at radius 2 is 2.36 bits per heavy atom. The van der Waals surface area contributed by atoms with Gasteiger partial charge in [-0.3, -0.25) is 4.79 Å². The van der Waals surface area contributed by atoms with Gasteiger partial charge >= 0.3 is 0 Å². The monoisotopic (exact) mass is 317 g/mol. The first-order valence-corrected chi connectivity index (χ1v) is 7.64. The zero-order valence-corrected chi connectivity index (χ0v) is 13.0. The van der Waals surface area contributed by atoms with Crippen LogP contribution in [0.4, 0.5) is 0 Å². The molecule has 0 amide bonds. The van der Waals surface area contributed by atoms with Crippen molar-refractivity contribution in [2.75, 3.05) is 0 Å². The van der Waals surface area contributed by atoms with E-state index in [1.807, 2.05) is 23.6 Å². The van der Waals surface area contributed by atoms with Crippen molar-refractivity contribution in [1.82, 2.24) is 24.7 Å². The number of aromatic amines is 1. The molecule has 3 heterocycles. The van der Waals surface area contributed by atoms with Crippen LogP contribution in [-0.4, -0.2) is 24.7 Å². The summed E-state index contributed by atoms with van der Waals surface area (Å²) in [7, 11) is 0. The van der Waals surface area contributed by atoms with Gasteiger partial charge in [-0.25, -0.2) is 4.98 Å². The van der Waals surface area contributed by atoms with E-state index in [1.165, 1.54) is 17.8 Å². The Morgan fingerprint density at radius 3 is 3.09 bits per heavy atom. The Balaban J connectivity index is 1.78. The van der Waals surface area contributed by atoms with Crippen molar-refractivity contribution in [2.24, 2.45) is 0 Å². The zero-order chi connectivity index (χ0) is 15.5. The standard InChI is InChI=1S/C14H15N5O2S/c1-9-6-12(20)17-13(16-9)10(2)22-14-18-15-8-19(14)7-11-4-3-5-21-11/h3-6,8,10H,7H2,1-2H3,(H,16,17,20)/t10-/m1/s1. The molecule has 7 nitrogen and oxygen atoms in total. The van der Waals surface area contributed by atoms with Crippen LogP contribution in [0.25, 0.3) is 0 Å². The van der Waals surface area contributed by atoms with Crippen LogP contribution in [0.2, 0.25) is 0 Å². The molecular formula is C14H15N5O2S. The van der Waals surface area contributed by atoms with E-state index in [4.69, 9.17) is 4.42 Å². The predicted molar refractivity (Wildman–Crippen MR) is 81.7 cm³/mol. The van der Waals surface area contributed by atoms with Crippen LogP contribution in [0.1, 0.15) is 29.5 Å². The number of aryl methyl sites for hydroxylation is 1. The average Bonchev–Trinajstić information content (AvgIpc) is 3.11. The number of hydrogen-bond donors (Lipinski definition) is 1. The molecule has 8 heteroatoms. The molecule has 1 atom stereocenters.